The lowest BCUT2D eigenvalue weighted by Gasteiger charge is -2.33. The number of rotatable bonds is 12. The predicted octanol–water partition coefficient (Wildman–Crippen LogP) is 4.53. The number of hydrogen-bond donors (Lipinski definition) is 1. The fourth-order valence-electron chi connectivity index (χ4n) is 4.09. The number of nitrogens with zero attached hydrogens (tertiary/aromatic N) is 2. The van der Waals surface area contributed by atoms with Crippen LogP contribution in [0.2, 0.25) is 0 Å². The van der Waals surface area contributed by atoms with Gasteiger partial charge in [-0.25, -0.2) is 8.42 Å². The first-order valence-electron chi connectivity index (χ1n) is 12.9. The molecule has 0 saturated heterocycles. The number of para-hydroxylation sites is 1. The van der Waals surface area contributed by atoms with Crippen LogP contribution in [-0.4, -0.2) is 50.9 Å². The molecule has 0 heterocycles. The van der Waals surface area contributed by atoms with Gasteiger partial charge in [0.2, 0.25) is 11.8 Å². The molecular formula is C30H37N3O5S. The van der Waals surface area contributed by atoms with Crippen molar-refractivity contribution in [3.05, 3.63) is 90.0 Å². The summed E-state index contributed by atoms with van der Waals surface area (Å²) < 4.78 is 34.1. The molecule has 3 aromatic rings. The highest BCUT2D eigenvalue weighted by Gasteiger charge is 2.33. The van der Waals surface area contributed by atoms with Crippen LogP contribution in [0.3, 0.4) is 0 Å². The molecule has 9 heteroatoms. The van der Waals surface area contributed by atoms with Crippen LogP contribution >= 0.6 is 0 Å². The zero-order chi connectivity index (χ0) is 28.6. The van der Waals surface area contributed by atoms with Crippen LogP contribution in [0.15, 0.2) is 83.8 Å². The third-order valence-corrected chi connectivity index (χ3v) is 8.42. The number of aryl methyl sites for hydroxylation is 1. The highest BCUT2D eigenvalue weighted by atomic mass is 32.2. The van der Waals surface area contributed by atoms with Crippen molar-refractivity contribution < 1.29 is 22.7 Å². The molecular weight excluding hydrogens is 514 g/mol. The first kappa shape index (κ1) is 29.7. The van der Waals surface area contributed by atoms with Gasteiger partial charge in [-0.05, 0) is 68.7 Å². The quantitative estimate of drug-likeness (QED) is 0.357. The van der Waals surface area contributed by atoms with Crippen molar-refractivity contribution in [2.45, 2.75) is 57.6 Å². The van der Waals surface area contributed by atoms with Crippen LogP contribution in [0.5, 0.6) is 5.75 Å². The van der Waals surface area contributed by atoms with Crippen LogP contribution in [0.25, 0.3) is 0 Å². The molecule has 0 aromatic heterocycles. The van der Waals surface area contributed by atoms with Crippen LogP contribution in [0.4, 0.5) is 5.69 Å². The van der Waals surface area contributed by atoms with Crippen molar-refractivity contribution in [2.24, 2.45) is 0 Å². The van der Waals surface area contributed by atoms with E-state index in [2.05, 4.69) is 5.32 Å². The third-order valence-electron chi connectivity index (χ3n) is 6.65. The summed E-state index contributed by atoms with van der Waals surface area (Å²) in [5.74, 6) is -0.203. The molecule has 2 unspecified atom stereocenters. The molecule has 39 heavy (non-hydrogen) atoms. The minimum atomic E-state index is -4.09. The van der Waals surface area contributed by atoms with Gasteiger partial charge >= 0.3 is 0 Å². The Labute approximate surface area is 231 Å². The lowest BCUT2D eigenvalue weighted by molar-refractivity contribution is -0.139. The van der Waals surface area contributed by atoms with Gasteiger partial charge in [-0.15, -0.1) is 0 Å². The number of sulfonamides is 1. The van der Waals surface area contributed by atoms with Gasteiger partial charge in [0.1, 0.15) is 18.3 Å². The largest absolute Gasteiger partial charge is 0.497 e. The van der Waals surface area contributed by atoms with E-state index < -0.39 is 28.5 Å². The molecule has 0 aliphatic carbocycles. The van der Waals surface area contributed by atoms with E-state index in [-0.39, 0.29) is 23.4 Å². The standard InChI is InChI=1S/C30H37N3O5S/c1-6-23(3)31-30(35)24(4)32(20-25-14-12-15-26(19-25)38-5)29(34)21-33(28-18-11-10-13-22(28)2)39(36,37)27-16-8-7-9-17-27/h7-19,23-24H,6,20-21H2,1-5H3,(H,31,35). The molecule has 0 aliphatic heterocycles. The van der Waals surface area contributed by atoms with Crippen molar-refractivity contribution in [2.75, 3.05) is 18.0 Å². The van der Waals surface area contributed by atoms with E-state index in [1.807, 2.05) is 26.0 Å². The first-order chi connectivity index (χ1) is 18.6. The van der Waals surface area contributed by atoms with Crippen molar-refractivity contribution in [1.82, 2.24) is 10.2 Å². The van der Waals surface area contributed by atoms with Crippen molar-refractivity contribution in [3.8, 4) is 5.75 Å². The summed E-state index contributed by atoms with van der Waals surface area (Å²) in [5.41, 5.74) is 1.85. The molecule has 3 rings (SSSR count). The summed E-state index contributed by atoms with van der Waals surface area (Å²) in [5, 5.41) is 2.93. The van der Waals surface area contributed by atoms with Gasteiger partial charge in [-0.1, -0.05) is 55.5 Å². The number of carbonyl (C=O) groups is 2. The lowest BCUT2D eigenvalue weighted by atomic mass is 10.1. The first-order valence-corrected chi connectivity index (χ1v) is 14.4. The van der Waals surface area contributed by atoms with Crippen LogP contribution < -0.4 is 14.4 Å². The zero-order valence-corrected chi connectivity index (χ0v) is 23.9. The molecule has 0 aliphatic rings. The molecule has 2 atom stereocenters. The van der Waals surface area contributed by atoms with Gasteiger partial charge in [0.05, 0.1) is 17.7 Å². The summed E-state index contributed by atoms with van der Waals surface area (Å²) in [6, 6.07) is 21.3. The average molecular weight is 552 g/mol. The minimum absolute atomic E-state index is 0.0722. The molecule has 0 radical (unpaired) electrons. The molecule has 0 bridgehead atoms. The number of ether oxygens (including phenoxy) is 1. The number of nitrogens with one attached hydrogen (secondary N) is 1. The summed E-state index contributed by atoms with van der Waals surface area (Å²) in [6.07, 6.45) is 0.735. The van der Waals surface area contributed by atoms with Crippen LogP contribution in [0.1, 0.15) is 38.3 Å². The SMILES string of the molecule is CCC(C)NC(=O)C(C)N(Cc1cccc(OC)c1)C(=O)CN(c1ccccc1C)S(=O)(=O)c1ccccc1. The summed E-state index contributed by atoms with van der Waals surface area (Å²) >= 11 is 0. The normalized spacial score (nSPS) is 12.7. The topological polar surface area (TPSA) is 96.0 Å². The fourth-order valence-corrected chi connectivity index (χ4v) is 5.59. The lowest BCUT2D eigenvalue weighted by Crippen LogP contribution is -2.52. The molecule has 8 nitrogen and oxygen atoms in total. The van der Waals surface area contributed by atoms with E-state index in [1.165, 1.54) is 17.0 Å². The Kier molecular flexibility index (Phi) is 10.1. The van der Waals surface area contributed by atoms with Crippen molar-refractivity contribution in [3.63, 3.8) is 0 Å². The molecule has 0 spiro atoms. The van der Waals surface area contributed by atoms with Gasteiger partial charge in [-0.3, -0.25) is 13.9 Å². The maximum atomic E-state index is 14.0. The molecule has 208 valence electrons. The minimum Gasteiger partial charge on any atom is -0.497 e. The summed E-state index contributed by atoms with van der Waals surface area (Å²) in [7, 11) is -2.54. The fraction of sp³-hybridized carbons (Fsp3) is 0.333. The molecule has 0 saturated carbocycles. The van der Waals surface area contributed by atoms with Crippen molar-refractivity contribution in [1.29, 1.82) is 0 Å². The van der Waals surface area contributed by atoms with Gasteiger partial charge in [0.25, 0.3) is 10.0 Å². The van der Waals surface area contributed by atoms with Gasteiger partial charge in [0.15, 0.2) is 0 Å². The number of hydrogen-bond acceptors (Lipinski definition) is 5. The van der Waals surface area contributed by atoms with Crippen LogP contribution in [0, 0.1) is 6.92 Å². The van der Waals surface area contributed by atoms with Crippen molar-refractivity contribution >= 4 is 27.5 Å². The van der Waals surface area contributed by atoms with E-state index in [0.717, 1.165) is 16.3 Å². The predicted molar refractivity (Wildman–Crippen MR) is 153 cm³/mol. The van der Waals surface area contributed by atoms with E-state index in [0.29, 0.717) is 17.0 Å². The smallest absolute Gasteiger partial charge is 0.264 e. The number of carbonyl (C=O) groups excluding carboxylic acids is 2. The molecule has 2 amide bonds. The Morgan fingerprint density at radius 2 is 1.62 bits per heavy atom. The number of benzene rings is 3. The van der Waals surface area contributed by atoms with E-state index in [9.17, 15) is 18.0 Å². The summed E-state index contributed by atoms with van der Waals surface area (Å²) in [6.45, 7) is 6.92. The van der Waals surface area contributed by atoms with E-state index in [4.69, 9.17) is 4.74 Å². The monoisotopic (exact) mass is 551 g/mol. The third kappa shape index (κ3) is 7.38. The highest BCUT2D eigenvalue weighted by Crippen LogP contribution is 2.27. The number of anilines is 1. The second-order valence-corrected chi connectivity index (χ2v) is 11.3. The Hall–Kier alpha value is -3.85. The number of methoxy groups -OCH3 is 1. The maximum absolute atomic E-state index is 14.0. The molecule has 1 N–H and O–H groups in total. The Morgan fingerprint density at radius 3 is 2.26 bits per heavy atom. The summed E-state index contributed by atoms with van der Waals surface area (Å²) in [4.78, 5) is 28.6. The second kappa shape index (κ2) is 13.3. The number of amides is 2. The van der Waals surface area contributed by atoms with Gasteiger partial charge in [0, 0.05) is 12.6 Å². The maximum Gasteiger partial charge on any atom is 0.264 e. The second-order valence-electron chi connectivity index (χ2n) is 9.48. The molecule has 3 aromatic carbocycles. The van der Waals surface area contributed by atoms with Gasteiger partial charge < -0.3 is 15.0 Å². The van der Waals surface area contributed by atoms with E-state index >= 15 is 0 Å². The Bertz CT molecular complexity index is 1380. The Morgan fingerprint density at radius 1 is 0.949 bits per heavy atom. The highest BCUT2D eigenvalue weighted by molar-refractivity contribution is 7.92. The molecule has 0 fully saturated rings. The van der Waals surface area contributed by atoms with Crippen LogP contribution in [-0.2, 0) is 26.2 Å². The zero-order valence-electron chi connectivity index (χ0n) is 23.1. The average Bonchev–Trinajstić information content (AvgIpc) is 2.95. The van der Waals surface area contributed by atoms with E-state index in [1.54, 1.807) is 75.6 Å². The Balaban J connectivity index is 2.03. The van der Waals surface area contributed by atoms with Gasteiger partial charge in [-0.2, -0.15) is 0 Å².